The first-order valence-electron chi connectivity index (χ1n) is 12.4. The molecule has 0 saturated heterocycles. The van der Waals surface area contributed by atoms with E-state index in [4.69, 9.17) is 10.5 Å². The maximum atomic E-state index is 13.5. The number of carboxylic acids is 2. The van der Waals surface area contributed by atoms with Crippen molar-refractivity contribution in [1.29, 1.82) is 10.5 Å². The molecular weight excluding hydrogens is 653 g/mol. The second kappa shape index (κ2) is 18.7. The van der Waals surface area contributed by atoms with Crippen LogP contribution < -0.4 is 10.6 Å². The zero-order chi connectivity index (χ0) is 32.6. The second-order valence-corrected chi connectivity index (χ2v) is 12.8. The average molecular weight is 679 g/mol. The van der Waals surface area contributed by atoms with E-state index in [9.17, 15) is 34.2 Å². The SMILES string of the molecule is CC(=O)N[C@@H](CSC(CC(=O)CC(SC[C@H](NC(C)=O)C(=O)O)c1nccc(SC#N)n1)c1cc(SC#N)ncn1)C(=O)O. The van der Waals surface area contributed by atoms with Gasteiger partial charge in [-0.1, -0.05) is 0 Å². The molecule has 2 rings (SSSR count). The van der Waals surface area contributed by atoms with Crippen molar-refractivity contribution >= 4 is 76.6 Å². The molecule has 0 radical (unpaired) electrons. The number of nitrogens with one attached hydrogen (secondary N) is 2. The molecule has 44 heavy (non-hydrogen) atoms. The molecule has 4 atom stereocenters. The third-order valence-corrected chi connectivity index (χ3v) is 9.03. The summed E-state index contributed by atoms with van der Waals surface area (Å²) in [5.74, 6) is -4.03. The number of rotatable bonds is 18. The predicted molar refractivity (Wildman–Crippen MR) is 162 cm³/mol. The number of hydrogen-bond donors (Lipinski definition) is 4. The number of carbonyl (C=O) groups excluding carboxylic acids is 3. The van der Waals surface area contributed by atoms with Crippen molar-refractivity contribution in [2.75, 3.05) is 11.5 Å². The minimum atomic E-state index is -1.27. The van der Waals surface area contributed by atoms with Crippen LogP contribution in [0.5, 0.6) is 0 Å². The number of thiocyanates is 2. The molecule has 0 aliphatic carbocycles. The highest BCUT2D eigenvalue weighted by molar-refractivity contribution is 8.04. The molecule has 4 N–H and O–H groups in total. The number of hydrogen-bond acceptors (Lipinski definition) is 15. The van der Waals surface area contributed by atoms with E-state index >= 15 is 0 Å². The van der Waals surface area contributed by atoms with Crippen molar-refractivity contribution in [3.63, 3.8) is 0 Å². The summed E-state index contributed by atoms with van der Waals surface area (Å²) in [6, 6.07) is 0.512. The molecule has 0 aromatic carbocycles. The van der Waals surface area contributed by atoms with Crippen molar-refractivity contribution < 1.29 is 34.2 Å². The van der Waals surface area contributed by atoms with Crippen LogP contribution in [-0.2, 0) is 24.0 Å². The fraction of sp³-hybridized carbons (Fsp3) is 0.400. The van der Waals surface area contributed by atoms with Crippen molar-refractivity contribution in [3.05, 3.63) is 36.2 Å². The van der Waals surface area contributed by atoms with E-state index in [1.54, 1.807) is 0 Å². The third-order valence-electron chi connectivity index (χ3n) is 5.34. The zero-order valence-electron chi connectivity index (χ0n) is 23.2. The molecule has 0 aliphatic heterocycles. The lowest BCUT2D eigenvalue weighted by molar-refractivity contribution is -0.141. The summed E-state index contributed by atoms with van der Waals surface area (Å²) in [4.78, 5) is 76.7. The smallest absolute Gasteiger partial charge is 0.327 e. The van der Waals surface area contributed by atoms with Gasteiger partial charge >= 0.3 is 11.9 Å². The lowest BCUT2D eigenvalue weighted by atomic mass is 10.1. The van der Waals surface area contributed by atoms with Gasteiger partial charge in [0, 0.05) is 67.9 Å². The number of aromatic nitrogens is 4. The van der Waals surface area contributed by atoms with Gasteiger partial charge in [-0.15, -0.1) is 23.5 Å². The maximum Gasteiger partial charge on any atom is 0.327 e. The van der Waals surface area contributed by atoms with Crippen molar-refractivity contribution in [3.8, 4) is 10.8 Å². The molecule has 2 amide bonds. The minimum absolute atomic E-state index is 0.108. The van der Waals surface area contributed by atoms with Gasteiger partial charge in [-0.3, -0.25) is 14.4 Å². The van der Waals surface area contributed by atoms with Gasteiger partial charge in [-0.25, -0.2) is 29.5 Å². The first kappa shape index (κ1) is 36.3. The molecule has 2 aromatic rings. The van der Waals surface area contributed by atoms with Crippen LogP contribution in [0.15, 0.2) is 34.7 Å². The van der Waals surface area contributed by atoms with Gasteiger partial charge < -0.3 is 20.8 Å². The molecule has 232 valence electrons. The Balaban J connectivity index is 2.36. The summed E-state index contributed by atoms with van der Waals surface area (Å²) in [5.41, 5.74) is 0.354. The summed E-state index contributed by atoms with van der Waals surface area (Å²) in [6.45, 7) is 2.36. The highest BCUT2D eigenvalue weighted by atomic mass is 32.2. The number of nitrogens with zero attached hydrogens (tertiary/aromatic N) is 6. The lowest BCUT2D eigenvalue weighted by Crippen LogP contribution is -2.41. The summed E-state index contributed by atoms with van der Waals surface area (Å²) in [7, 11) is 0. The molecule has 19 heteroatoms. The monoisotopic (exact) mass is 678 g/mol. The first-order chi connectivity index (χ1) is 20.9. The Hall–Kier alpha value is -3.91. The highest BCUT2D eigenvalue weighted by Crippen LogP contribution is 2.37. The van der Waals surface area contributed by atoms with Gasteiger partial charge in [0.1, 0.15) is 50.9 Å². The Morgan fingerprint density at radius 2 is 1.39 bits per heavy atom. The fourth-order valence-corrected chi connectivity index (χ4v) is 6.69. The van der Waals surface area contributed by atoms with E-state index in [2.05, 4.69) is 30.6 Å². The van der Waals surface area contributed by atoms with Crippen LogP contribution in [0.1, 0.15) is 48.7 Å². The standard InChI is InChI=1S/C25H26N8O7S4/c1-13(34)31-17(24(37)38)8-41-19(16-7-22(44-11-27)30-12-29-16)5-15(36)6-20(23-28-4-3-21(33-23)43-10-26)42-9-18(25(39)40)32-14(2)35/h3-4,7,12,17-20H,5-6,8-9H2,1-2H3,(H,31,34)(H,32,35)(H,37,38)(H,39,40)/t17-,18-,19?,20?/m0/s1. The largest absolute Gasteiger partial charge is 0.480 e. The Morgan fingerprint density at radius 3 is 1.93 bits per heavy atom. The van der Waals surface area contributed by atoms with E-state index in [0.717, 1.165) is 47.0 Å². The predicted octanol–water partition coefficient (Wildman–Crippen LogP) is 2.19. The van der Waals surface area contributed by atoms with Crippen LogP contribution in [0.25, 0.3) is 0 Å². The van der Waals surface area contributed by atoms with Gasteiger partial charge in [0.2, 0.25) is 11.8 Å². The molecule has 2 unspecified atom stereocenters. The van der Waals surface area contributed by atoms with Gasteiger partial charge in [-0.2, -0.15) is 10.5 Å². The van der Waals surface area contributed by atoms with Gasteiger partial charge in [0.25, 0.3) is 0 Å². The zero-order valence-corrected chi connectivity index (χ0v) is 26.5. The number of nitriles is 2. The quantitative estimate of drug-likeness (QED) is 0.100. The van der Waals surface area contributed by atoms with Crippen LogP contribution >= 0.6 is 47.0 Å². The molecule has 0 aliphatic rings. The number of amides is 2. The van der Waals surface area contributed by atoms with Gasteiger partial charge in [0.05, 0.1) is 16.2 Å². The molecule has 0 saturated carbocycles. The van der Waals surface area contributed by atoms with E-state index in [-0.39, 0.29) is 36.0 Å². The Bertz CT molecular complexity index is 1350. The van der Waals surface area contributed by atoms with Crippen LogP contribution in [0.2, 0.25) is 0 Å². The highest BCUT2D eigenvalue weighted by Gasteiger charge is 2.28. The van der Waals surface area contributed by atoms with Crippen molar-refractivity contribution in [1.82, 2.24) is 30.6 Å². The Morgan fingerprint density at radius 1 is 0.841 bits per heavy atom. The van der Waals surface area contributed by atoms with Crippen LogP contribution in [0.4, 0.5) is 0 Å². The summed E-state index contributed by atoms with van der Waals surface area (Å²) in [5, 5.41) is 44.8. The normalized spacial score (nSPS) is 13.3. The maximum absolute atomic E-state index is 13.5. The first-order valence-corrected chi connectivity index (χ1v) is 16.2. The molecule has 15 nitrogen and oxygen atoms in total. The Kier molecular flexibility index (Phi) is 15.4. The summed E-state index contributed by atoms with van der Waals surface area (Å²) >= 11 is 3.67. The van der Waals surface area contributed by atoms with Crippen molar-refractivity contribution in [2.24, 2.45) is 0 Å². The summed E-state index contributed by atoms with van der Waals surface area (Å²) in [6.07, 6.45) is 2.27. The topological polar surface area (TPSA) is 249 Å². The Labute approximate surface area is 268 Å². The van der Waals surface area contributed by atoms with Gasteiger partial charge in [-0.05, 0) is 12.1 Å². The molecular formula is C25H26N8O7S4. The third kappa shape index (κ3) is 12.8. The molecule has 0 fully saturated rings. The number of ketones is 1. The van der Waals surface area contributed by atoms with Crippen LogP contribution in [-0.4, -0.2) is 83.3 Å². The number of aliphatic carboxylic acids is 2. The van der Waals surface area contributed by atoms with E-state index in [1.807, 2.05) is 10.8 Å². The molecule has 0 spiro atoms. The van der Waals surface area contributed by atoms with Crippen LogP contribution in [0, 0.1) is 21.3 Å². The van der Waals surface area contributed by atoms with E-state index in [0.29, 0.717) is 15.7 Å². The molecule has 2 heterocycles. The number of carboxylic acid groups (broad SMARTS) is 2. The number of carbonyl (C=O) groups is 5. The lowest BCUT2D eigenvalue weighted by Gasteiger charge is -2.21. The van der Waals surface area contributed by atoms with E-state index in [1.165, 1.54) is 38.5 Å². The van der Waals surface area contributed by atoms with Gasteiger partial charge in [0.15, 0.2) is 0 Å². The van der Waals surface area contributed by atoms with E-state index < -0.39 is 46.3 Å². The minimum Gasteiger partial charge on any atom is -0.480 e. The molecule has 0 bridgehead atoms. The number of Topliss-reactive ketones (excluding diaryl/α,β-unsaturated/α-hetero) is 1. The average Bonchev–Trinajstić information content (AvgIpc) is 2.96. The number of thioether (sulfide) groups is 4. The fourth-order valence-electron chi connectivity index (χ4n) is 3.48. The molecule has 2 aromatic heterocycles. The van der Waals surface area contributed by atoms with Crippen LogP contribution in [0.3, 0.4) is 0 Å². The van der Waals surface area contributed by atoms with Crippen molar-refractivity contribution in [2.45, 2.75) is 59.3 Å². The summed E-state index contributed by atoms with van der Waals surface area (Å²) < 4.78 is 0. The second-order valence-electron chi connectivity index (χ2n) is 8.69.